The van der Waals surface area contributed by atoms with Crippen LogP contribution in [0.2, 0.25) is 0 Å². The third-order valence-corrected chi connectivity index (χ3v) is 3.80. The van der Waals surface area contributed by atoms with Crippen LogP contribution in [0.4, 0.5) is 0 Å². The summed E-state index contributed by atoms with van der Waals surface area (Å²) >= 11 is 0. The van der Waals surface area contributed by atoms with Crippen molar-refractivity contribution in [1.29, 1.82) is 0 Å². The first-order chi connectivity index (χ1) is 8.66. The van der Waals surface area contributed by atoms with E-state index in [0.29, 0.717) is 5.57 Å². The Balaban J connectivity index is 1.91. The smallest absolute Gasteiger partial charge is 0.193 e. The number of rotatable bonds is 4. The third kappa shape index (κ3) is 1.49. The first-order valence-corrected chi connectivity index (χ1v) is 6.24. The molecule has 2 unspecified atom stereocenters. The van der Waals surface area contributed by atoms with Gasteiger partial charge in [-0.3, -0.25) is 4.79 Å². The Morgan fingerprint density at radius 1 is 1.11 bits per heavy atom. The van der Waals surface area contributed by atoms with Gasteiger partial charge in [-0.15, -0.1) is 0 Å². The van der Waals surface area contributed by atoms with Crippen LogP contribution in [0.5, 0.6) is 0 Å². The number of ketones is 1. The van der Waals surface area contributed by atoms with E-state index < -0.39 is 5.60 Å². The molecule has 0 aromatic carbocycles. The SMILES string of the molecule is C=C(C)C(=O)C1(C2C=CC=C2)OC1C1C=CC=C1. The van der Waals surface area contributed by atoms with Crippen LogP contribution >= 0.6 is 0 Å². The van der Waals surface area contributed by atoms with E-state index in [1.54, 1.807) is 6.92 Å². The van der Waals surface area contributed by atoms with Crippen LogP contribution in [0.1, 0.15) is 6.92 Å². The summed E-state index contributed by atoms with van der Waals surface area (Å²) in [5, 5.41) is 0. The van der Waals surface area contributed by atoms with Crippen molar-refractivity contribution < 1.29 is 9.53 Å². The topological polar surface area (TPSA) is 29.6 Å². The summed E-state index contributed by atoms with van der Waals surface area (Å²) in [6, 6.07) is 0. The molecule has 92 valence electrons. The predicted molar refractivity (Wildman–Crippen MR) is 71.0 cm³/mol. The molecule has 0 N–H and O–H groups in total. The Kier molecular flexibility index (Phi) is 2.49. The summed E-state index contributed by atoms with van der Waals surface area (Å²) < 4.78 is 5.88. The molecule has 1 fully saturated rings. The van der Waals surface area contributed by atoms with E-state index in [1.807, 2.05) is 36.5 Å². The van der Waals surface area contributed by atoms with Crippen LogP contribution < -0.4 is 0 Å². The monoisotopic (exact) mass is 240 g/mol. The van der Waals surface area contributed by atoms with Gasteiger partial charge in [0.2, 0.25) is 0 Å². The van der Waals surface area contributed by atoms with Crippen molar-refractivity contribution in [2.24, 2.45) is 11.8 Å². The molecule has 3 aliphatic rings. The van der Waals surface area contributed by atoms with E-state index in [4.69, 9.17) is 4.74 Å². The molecule has 0 aromatic heterocycles. The van der Waals surface area contributed by atoms with Gasteiger partial charge in [-0.05, 0) is 12.5 Å². The first-order valence-electron chi connectivity index (χ1n) is 6.24. The molecule has 2 heteroatoms. The van der Waals surface area contributed by atoms with Crippen molar-refractivity contribution in [3.63, 3.8) is 0 Å². The molecule has 1 saturated heterocycles. The average Bonchev–Trinajstić information content (AvgIpc) is 2.83. The zero-order valence-corrected chi connectivity index (χ0v) is 10.4. The fraction of sp³-hybridized carbons (Fsp3) is 0.312. The number of allylic oxidation sites excluding steroid dienone is 4. The molecule has 1 aliphatic heterocycles. The molecule has 0 saturated carbocycles. The highest BCUT2D eigenvalue weighted by atomic mass is 16.6. The highest BCUT2D eigenvalue weighted by Crippen LogP contribution is 2.52. The molecule has 0 aromatic rings. The molecule has 0 bridgehead atoms. The second-order valence-corrected chi connectivity index (χ2v) is 5.08. The van der Waals surface area contributed by atoms with E-state index in [0.717, 1.165) is 0 Å². The van der Waals surface area contributed by atoms with E-state index in [9.17, 15) is 4.79 Å². The van der Waals surface area contributed by atoms with Crippen LogP contribution in [-0.2, 0) is 9.53 Å². The number of carbonyl (C=O) groups excluding carboxylic acids is 1. The van der Waals surface area contributed by atoms with Gasteiger partial charge in [-0.2, -0.15) is 0 Å². The molecule has 2 atom stereocenters. The van der Waals surface area contributed by atoms with Gasteiger partial charge >= 0.3 is 0 Å². The zero-order valence-electron chi connectivity index (χ0n) is 10.4. The van der Waals surface area contributed by atoms with Crippen molar-refractivity contribution >= 4 is 5.78 Å². The number of carbonyl (C=O) groups is 1. The maximum Gasteiger partial charge on any atom is 0.193 e. The minimum Gasteiger partial charge on any atom is -0.355 e. The van der Waals surface area contributed by atoms with Gasteiger partial charge < -0.3 is 4.74 Å². The Bertz CT molecular complexity index is 497. The van der Waals surface area contributed by atoms with Gasteiger partial charge in [-0.1, -0.05) is 55.2 Å². The lowest BCUT2D eigenvalue weighted by atomic mass is 9.80. The molecule has 3 rings (SSSR count). The molecular weight excluding hydrogens is 224 g/mol. The largest absolute Gasteiger partial charge is 0.355 e. The molecule has 0 amide bonds. The minimum absolute atomic E-state index is 0.0300. The van der Waals surface area contributed by atoms with Crippen molar-refractivity contribution in [1.82, 2.24) is 0 Å². The number of ether oxygens (including phenoxy) is 1. The first kappa shape index (κ1) is 11.4. The van der Waals surface area contributed by atoms with Gasteiger partial charge in [0.05, 0.1) is 0 Å². The van der Waals surface area contributed by atoms with Crippen molar-refractivity contribution in [2.45, 2.75) is 18.6 Å². The number of Topliss-reactive ketones (excluding diaryl/α,β-unsaturated/α-hetero) is 1. The summed E-state index contributed by atoms with van der Waals surface area (Å²) in [5.74, 6) is 0.271. The average molecular weight is 240 g/mol. The summed E-state index contributed by atoms with van der Waals surface area (Å²) in [6.07, 6.45) is 16.1. The highest BCUT2D eigenvalue weighted by Gasteiger charge is 2.67. The van der Waals surface area contributed by atoms with Crippen molar-refractivity contribution in [3.05, 3.63) is 60.8 Å². The van der Waals surface area contributed by atoms with Gasteiger partial charge in [0.1, 0.15) is 6.10 Å². The lowest BCUT2D eigenvalue weighted by Gasteiger charge is -2.17. The molecule has 18 heavy (non-hydrogen) atoms. The standard InChI is InChI=1S/C16H16O2/c1-11(2)14(17)16(13-9-5-6-10-13)15(18-16)12-7-3-4-8-12/h3-10,12-13,15H,1H2,2H3. The molecule has 2 nitrogen and oxygen atoms in total. The van der Waals surface area contributed by atoms with Crippen LogP contribution in [0.25, 0.3) is 0 Å². The fourth-order valence-electron chi connectivity index (χ4n) is 2.85. The van der Waals surface area contributed by atoms with Gasteiger partial charge in [-0.25, -0.2) is 0 Å². The molecular formula is C16H16O2. The van der Waals surface area contributed by atoms with Crippen molar-refractivity contribution in [2.75, 3.05) is 0 Å². The molecule has 0 spiro atoms. The van der Waals surface area contributed by atoms with E-state index >= 15 is 0 Å². The number of hydrogen-bond acceptors (Lipinski definition) is 2. The van der Waals surface area contributed by atoms with E-state index in [2.05, 4.69) is 18.7 Å². The summed E-state index contributed by atoms with van der Waals surface area (Å²) in [7, 11) is 0. The maximum absolute atomic E-state index is 12.4. The molecule has 0 radical (unpaired) electrons. The third-order valence-electron chi connectivity index (χ3n) is 3.80. The lowest BCUT2D eigenvalue weighted by molar-refractivity contribution is -0.121. The second kappa shape index (κ2) is 3.92. The Labute approximate surface area is 107 Å². The Morgan fingerprint density at radius 2 is 1.67 bits per heavy atom. The van der Waals surface area contributed by atoms with Gasteiger partial charge in [0.15, 0.2) is 11.4 Å². The lowest BCUT2D eigenvalue weighted by Crippen LogP contribution is -2.36. The van der Waals surface area contributed by atoms with E-state index in [1.165, 1.54) is 0 Å². The van der Waals surface area contributed by atoms with Gasteiger partial charge in [0, 0.05) is 11.8 Å². The number of hydrogen-bond donors (Lipinski definition) is 0. The summed E-state index contributed by atoms with van der Waals surface area (Å²) in [6.45, 7) is 5.54. The highest BCUT2D eigenvalue weighted by molar-refractivity contribution is 6.04. The summed E-state index contributed by atoms with van der Waals surface area (Å²) in [5.41, 5.74) is -0.156. The predicted octanol–water partition coefficient (Wildman–Crippen LogP) is 2.75. The molecule has 1 heterocycles. The number of epoxide rings is 1. The fourth-order valence-corrected chi connectivity index (χ4v) is 2.85. The van der Waals surface area contributed by atoms with E-state index in [-0.39, 0.29) is 23.7 Å². The normalized spacial score (nSPS) is 33.5. The Morgan fingerprint density at radius 3 is 2.22 bits per heavy atom. The zero-order chi connectivity index (χ0) is 12.8. The van der Waals surface area contributed by atoms with Crippen LogP contribution in [0, 0.1) is 11.8 Å². The minimum atomic E-state index is -0.723. The molecule has 2 aliphatic carbocycles. The van der Waals surface area contributed by atoms with Crippen LogP contribution in [0.15, 0.2) is 60.8 Å². The van der Waals surface area contributed by atoms with Gasteiger partial charge in [0.25, 0.3) is 0 Å². The summed E-state index contributed by atoms with van der Waals surface area (Å²) in [4.78, 5) is 12.4. The van der Waals surface area contributed by atoms with Crippen LogP contribution in [-0.4, -0.2) is 17.5 Å². The van der Waals surface area contributed by atoms with Crippen molar-refractivity contribution in [3.8, 4) is 0 Å². The second-order valence-electron chi connectivity index (χ2n) is 5.08. The van der Waals surface area contributed by atoms with Crippen LogP contribution in [0.3, 0.4) is 0 Å². The quantitative estimate of drug-likeness (QED) is 0.558. The maximum atomic E-state index is 12.4. The Hall–Kier alpha value is -1.67.